The molecule has 1 saturated heterocycles. The van der Waals surface area contributed by atoms with E-state index in [0.29, 0.717) is 17.7 Å². The summed E-state index contributed by atoms with van der Waals surface area (Å²) in [6.45, 7) is 2.61. The predicted octanol–water partition coefficient (Wildman–Crippen LogP) is 3.48. The van der Waals surface area contributed by atoms with Gasteiger partial charge < -0.3 is 4.90 Å². The van der Waals surface area contributed by atoms with Crippen molar-refractivity contribution >= 4 is 11.7 Å². The second kappa shape index (κ2) is 6.14. The van der Waals surface area contributed by atoms with Crippen molar-refractivity contribution in [3.8, 4) is 0 Å². The number of rotatable bonds is 3. The lowest BCUT2D eigenvalue weighted by atomic mass is 10.0. The van der Waals surface area contributed by atoms with Crippen LogP contribution in [-0.2, 0) is 0 Å². The molecule has 3 rings (SSSR count). The average Bonchev–Trinajstić information content (AvgIpc) is 3.04. The molecule has 0 radical (unpaired) electrons. The first-order chi connectivity index (χ1) is 10.7. The first-order valence-corrected chi connectivity index (χ1v) is 7.64. The van der Waals surface area contributed by atoms with Crippen LogP contribution in [0.1, 0.15) is 39.1 Å². The largest absolute Gasteiger partial charge is 0.328 e. The summed E-state index contributed by atoms with van der Waals surface area (Å²) >= 11 is 0. The van der Waals surface area contributed by atoms with Gasteiger partial charge in [0, 0.05) is 17.7 Å². The van der Waals surface area contributed by atoms with E-state index in [9.17, 15) is 9.59 Å². The maximum Gasteiger partial charge on any atom is 0.254 e. The van der Waals surface area contributed by atoms with Crippen LogP contribution >= 0.6 is 0 Å². The van der Waals surface area contributed by atoms with Gasteiger partial charge in [0.05, 0.1) is 6.04 Å². The van der Waals surface area contributed by atoms with Crippen LogP contribution < -0.4 is 0 Å². The first kappa shape index (κ1) is 14.5. The molecule has 112 valence electrons. The number of ketones is 1. The van der Waals surface area contributed by atoms with Crippen LogP contribution in [0.15, 0.2) is 54.6 Å². The molecule has 1 fully saturated rings. The van der Waals surface area contributed by atoms with E-state index in [2.05, 4.69) is 0 Å². The van der Waals surface area contributed by atoms with Crippen molar-refractivity contribution in [3.63, 3.8) is 0 Å². The fraction of sp³-hybridized carbons (Fsp3) is 0.263. The summed E-state index contributed by atoms with van der Waals surface area (Å²) in [4.78, 5) is 27.1. The Balaban J connectivity index is 1.84. The zero-order valence-electron chi connectivity index (χ0n) is 12.7. The van der Waals surface area contributed by atoms with E-state index in [1.807, 2.05) is 61.5 Å². The van der Waals surface area contributed by atoms with Gasteiger partial charge in [-0.1, -0.05) is 48.0 Å². The highest BCUT2D eigenvalue weighted by Crippen LogP contribution is 2.23. The van der Waals surface area contributed by atoms with E-state index in [1.165, 1.54) is 0 Å². The van der Waals surface area contributed by atoms with Crippen LogP contribution in [0.25, 0.3) is 0 Å². The Morgan fingerprint density at radius 2 is 1.73 bits per heavy atom. The van der Waals surface area contributed by atoms with Gasteiger partial charge in [0.1, 0.15) is 0 Å². The third-order valence-electron chi connectivity index (χ3n) is 4.14. The lowest BCUT2D eigenvalue weighted by molar-refractivity contribution is 0.0671. The van der Waals surface area contributed by atoms with Crippen molar-refractivity contribution < 1.29 is 9.59 Å². The second-order valence-corrected chi connectivity index (χ2v) is 5.76. The minimum atomic E-state index is -0.338. The van der Waals surface area contributed by atoms with Crippen molar-refractivity contribution in [2.45, 2.75) is 25.8 Å². The van der Waals surface area contributed by atoms with Gasteiger partial charge in [0.2, 0.25) is 0 Å². The average molecular weight is 293 g/mol. The number of amides is 1. The third kappa shape index (κ3) is 2.80. The highest BCUT2D eigenvalue weighted by atomic mass is 16.2. The monoisotopic (exact) mass is 293 g/mol. The molecule has 1 aliphatic heterocycles. The van der Waals surface area contributed by atoms with Gasteiger partial charge in [-0.3, -0.25) is 9.59 Å². The first-order valence-electron chi connectivity index (χ1n) is 7.64. The molecule has 0 spiro atoms. The lowest BCUT2D eigenvalue weighted by Crippen LogP contribution is -2.40. The van der Waals surface area contributed by atoms with E-state index < -0.39 is 0 Å². The van der Waals surface area contributed by atoms with E-state index in [-0.39, 0.29) is 17.7 Å². The molecule has 3 nitrogen and oxygen atoms in total. The van der Waals surface area contributed by atoms with Crippen molar-refractivity contribution in [3.05, 3.63) is 71.3 Å². The van der Waals surface area contributed by atoms with Crippen LogP contribution in [0, 0.1) is 6.92 Å². The normalized spacial score (nSPS) is 17.5. The van der Waals surface area contributed by atoms with E-state index in [0.717, 1.165) is 18.4 Å². The number of hydrogen-bond donors (Lipinski definition) is 0. The predicted molar refractivity (Wildman–Crippen MR) is 86.0 cm³/mol. The van der Waals surface area contributed by atoms with E-state index >= 15 is 0 Å². The molecule has 0 bridgehead atoms. The molecule has 2 aromatic rings. The number of aryl methyl sites for hydroxylation is 1. The molecule has 1 aliphatic rings. The minimum absolute atomic E-state index is 0.0408. The van der Waals surface area contributed by atoms with Crippen LogP contribution in [0.2, 0.25) is 0 Å². The number of hydrogen-bond acceptors (Lipinski definition) is 2. The van der Waals surface area contributed by atoms with Crippen molar-refractivity contribution in [1.29, 1.82) is 0 Å². The molecule has 3 heteroatoms. The van der Waals surface area contributed by atoms with Crippen molar-refractivity contribution in [1.82, 2.24) is 4.90 Å². The fourth-order valence-corrected chi connectivity index (χ4v) is 3.02. The quantitative estimate of drug-likeness (QED) is 0.812. The summed E-state index contributed by atoms with van der Waals surface area (Å²) in [7, 11) is 0. The van der Waals surface area contributed by atoms with Crippen LogP contribution in [0.5, 0.6) is 0 Å². The maximum absolute atomic E-state index is 12.7. The number of carbonyl (C=O) groups is 2. The Kier molecular flexibility index (Phi) is 4.05. The molecule has 0 saturated carbocycles. The standard InChI is InChI=1S/C19H19NO2/c1-14-7-5-10-16(13-14)19(22)20-12-6-11-17(20)18(21)15-8-3-2-4-9-15/h2-5,7-10,13,17H,6,11-12H2,1H3. The summed E-state index contributed by atoms with van der Waals surface area (Å²) in [5.74, 6) is -0.00501. The Bertz CT molecular complexity index is 694. The Labute approximate surface area is 130 Å². The zero-order chi connectivity index (χ0) is 15.5. The van der Waals surface area contributed by atoms with Gasteiger partial charge >= 0.3 is 0 Å². The van der Waals surface area contributed by atoms with Crippen LogP contribution in [-0.4, -0.2) is 29.2 Å². The van der Waals surface area contributed by atoms with E-state index in [4.69, 9.17) is 0 Å². The number of benzene rings is 2. The highest BCUT2D eigenvalue weighted by Gasteiger charge is 2.34. The highest BCUT2D eigenvalue weighted by molar-refractivity contribution is 6.04. The Morgan fingerprint density at radius 1 is 1.00 bits per heavy atom. The van der Waals surface area contributed by atoms with Gasteiger partial charge in [-0.15, -0.1) is 0 Å². The topological polar surface area (TPSA) is 37.4 Å². The van der Waals surface area contributed by atoms with Gasteiger partial charge in [-0.05, 0) is 31.9 Å². The molecule has 0 aromatic heterocycles. The van der Waals surface area contributed by atoms with Gasteiger partial charge in [0.15, 0.2) is 5.78 Å². The summed E-state index contributed by atoms with van der Waals surface area (Å²) in [5, 5.41) is 0. The third-order valence-corrected chi connectivity index (χ3v) is 4.14. The number of nitrogens with zero attached hydrogens (tertiary/aromatic N) is 1. The molecule has 22 heavy (non-hydrogen) atoms. The SMILES string of the molecule is Cc1cccc(C(=O)N2CCCC2C(=O)c2ccccc2)c1. The molecule has 1 amide bonds. The number of Topliss-reactive ketones (excluding diaryl/α,β-unsaturated/α-hetero) is 1. The zero-order valence-corrected chi connectivity index (χ0v) is 12.7. The lowest BCUT2D eigenvalue weighted by Gasteiger charge is -2.24. The van der Waals surface area contributed by atoms with Gasteiger partial charge in [-0.25, -0.2) is 0 Å². The van der Waals surface area contributed by atoms with Crippen LogP contribution in [0.3, 0.4) is 0 Å². The summed E-state index contributed by atoms with van der Waals surface area (Å²) < 4.78 is 0. The van der Waals surface area contributed by atoms with Crippen molar-refractivity contribution in [2.75, 3.05) is 6.54 Å². The molecular formula is C19H19NO2. The van der Waals surface area contributed by atoms with E-state index in [1.54, 1.807) is 4.90 Å². The fourth-order valence-electron chi connectivity index (χ4n) is 3.02. The second-order valence-electron chi connectivity index (χ2n) is 5.76. The summed E-state index contributed by atoms with van der Waals surface area (Å²) in [6, 6.07) is 16.4. The summed E-state index contributed by atoms with van der Waals surface area (Å²) in [5.41, 5.74) is 2.39. The van der Waals surface area contributed by atoms with Gasteiger partial charge in [0.25, 0.3) is 5.91 Å². The number of likely N-dealkylation sites (tertiary alicyclic amines) is 1. The Morgan fingerprint density at radius 3 is 2.45 bits per heavy atom. The summed E-state index contributed by atoms with van der Waals surface area (Å²) in [6.07, 6.45) is 1.62. The van der Waals surface area contributed by atoms with Crippen LogP contribution in [0.4, 0.5) is 0 Å². The van der Waals surface area contributed by atoms with Crippen molar-refractivity contribution in [2.24, 2.45) is 0 Å². The Hall–Kier alpha value is -2.42. The molecular weight excluding hydrogens is 274 g/mol. The molecule has 1 unspecified atom stereocenters. The van der Waals surface area contributed by atoms with Gasteiger partial charge in [-0.2, -0.15) is 0 Å². The smallest absolute Gasteiger partial charge is 0.254 e. The molecule has 1 atom stereocenters. The molecule has 2 aromatic carbocycles. The molecule has 0 aliphatic carbocycles. The maximum atomic E-state index is 12.7. The molecule has 1 heterocycles. The minimum Gasteiger partial charge on any atom is -0.328 e. The number of carbonyl (C=O) groups excluding carboxylic acids is 2. The molecule has 0 N–H and O–H groups in total.